The van der Waals surface area contributed by atoms with Gasteiger partial charge < -0.3 is 9.84 Å². The summed E-state index contributed by atoms with van der Waals surface area (Å²) in [6.45, 7) is 1.89. The van der Waals surface area contributed by atoms with E-state index < -0.39 is 11.9 Å². The van der Waals surface area contributed by atoms with E-state index in [4.69, 9.17) is 9.84 Å². The predicted molar refractivity (Wildman–Crippen MR) is 69.5 cm³/mol. The molecule has 0 saturated heterocycles. The van der Waals surface area contributed by atoms with Crippen LogP contribution in [0.2, 0.25) is 0 Å². The maximum absolute atomic E-state index is 11.8. The predicted octanol–water partition coefficient (Wildman–Crippen LogP) is 2.91. The number of carboxylic acid groups (broad SMARTS) is 1. The lowest BCUT2D eigenvalue weighted by Gasteiger charge is -2.05. The average Bonchev–Trinajstić information content (AvgIpc) is 2.39. The Bertz CT molecular complexity index is 614. The van der Waals surface area contributed by atoms with Gasteiger partial charge in [-0.05, 0) is 43.3 Å². The van der Waals surface area contributed by atoms with E-state index in [1.54, 1.807) is 18.2 Å². The molecule has 0 aliphatic carbocycles. The van der Waals surface area contributed by atoms with Gasteiger partial charge in [-0.1, -0.05) is 17.7 Å². The number of aromatic carboxylic acids is 1. The molecule has 0 heterocycles. The van der Waals surface area contributed by atoms with E-state index in [9.17, 15) is 9.59 Å². The monoisotopic (exact) mass is 256 g/mol. The number of hydrogen-bond donors (Lipinski definition) is 1. The Morgan fingerprint density at radius 1 is 1.00 bits per heavy atom. The fourth-order valence-electron chi connectivity index (χ4n) is 1.60. The summed E-state index contributed by atoms with van der Waals surface area (Å²) in [5, 5.41) is 8.76. The molecule has 0 unspecified atom stereocenters. The van der Waals surface area contributed by atoms with Gasteiger partial charge in [-0.25, -0.2) is 9.59 Å². The SMILES string of the molecule is Cc1cccc(C(=O)Oc2ccc(C(=O)O)cc2)c1. The number of aryl methyl sites for hydroxylation is 1. The van der Waals surface area contributed by atoms with Crippen LogP contribution in [0.5, 0.6) is 5.75 Å². The van der Waals surface area contributed by atoms with Crippen LogP contribution in [0.15, 0.2) is 48.5 Å². The van der Waals surface area contributed by atoms with Crippen LogP contribution in [-0.4, -0.2) is 17.0 Å². The second-order valence-corrected chi connectivity index (χ2v) is 4.09. The Morgan fingerprint density at radius 3 is 2.26 bits per heavy atom. The van der Waals surface area contributed by atoms with E-state index in [2.05, 4.69) is 0 Å². The standard InChI is InChI=1S/C15H12O4/c1-10-3-2-4-12(9-10)15(18)19-13-7-5-11(6-8-13)14(16)17/h2-9H,1H3,(H,16,17). The second-order valence-electron chi connectivity index (χ2n) is 4.09. The summed E-state index contributed by atoms with van der Waals surface area (Å²) in [5.41, 5.74) is 1.58. The van der Waals surface area contributed by atoms with Crippen molar-refractivity contribution in [3.63, 3.8) is 0 Å². The third kappa shape index (κ3) is 3.19. The number of benzene rings is 2. The number of carboxylic acids is 1. The molecule has 0 spiro atoms. The highest BCUT2D eigenvalue weighted by molar-refractivity contribution is 5.91. The van der Waals surface area contributed by atoms with Gasteiger partial charge in [0, 0.05) is 0 Å². The molecule has 0 saturated carbocycles. The van der Waals surface area contributed by atoms with Gasteiger partial charge in [-0.15, -0.1) is 0 Å². The molecular formula is C15H12O4. The first kappa shape index (κ1) is 12.8. The Morgan fingerprint density at radius 2 is 1.68 bits per heavy atom. The number of rotatable bonds is 3. The number of hydrogen-bond acceptors (Lipinski definition) is 3. The summed E-state index contributed by atoms with van der Waals surface area (Å²) >= 11 is 0. The number of ether oxygens (including phenoxy) is 1. The van der Waals surface area contributed by atoms with Gasteiger partial charge in [0.05, 0.1) is 11.1 Å². The largest absolute Gasteiger partial charge is 0.478 e. The van der Waals surface area contributed by atoms with Crippen molar-refractivity contribution in [2.24, 2.45) is 0 Å². The molecule has 2 aromatic rings. The molecule has 0 atom stereocenters. The molecule has 96 valence electrons. The van der Waals surface area contributed by atoms with Gasteiger partial charge in [0.1, 0.15) is 5.75 Å². The molecule has 2 rings (SSSR count). The molecule has 0 aliphatic heterocycles. The maximum atomic E-state index is 11.8. The second kappa shape index (κ2) is 5.35. The number of carbonyl (C=O) groups excluding carboxylic acids is 1. The first-order chi connectivity index (χ1) is 9.06. The zero-order valence-corrected chi connectivity index (χ0v) is 10.3. The van der Waals surface area contributed by atoms with Crippen LogP contribution >= 0.6 is 0 Å². The van der Waals surface area contributed by atoms with Crippen LogP contribution in [0.25, 0.3) is 0 Å². The third-order valence-corrected chi connectivity index (χ3v) is 2.57. The normalized spacial score (nSPS) is 9.95. The highest BCUT2D eigenvalue weighted by atomic mass is 16.5. The van der Waals surface area contributed by atoms with Crippen LogP contribution in [-0.2, 0) is 0 Å². The zero-order valence-electron chi connectivity index (χ0n) is 10.3. The van der Waals surface area contributed by atoms with Crippen molar-refractivity contribution in [3.05, 3.63) is 65.2 Å². The Kier molecular flexibility index (Phi) is 3.61. The van der Waals surface area contributed by atoms with Gasteiger partial charge in [0.15, 0.2) is 0 Å². The maximum Gasteiger partial charge on any atom is 0.343 e. The molecule has 4 heteroatoms. The smallest absolute Gasteiger partial charge is 0.343 e. The minimum absolute atomic E-state index is 0.148. The molecule has 1 N–H and O–H groups in total. The van der Waals surface area contributed by atoms with E-state index in [1.807, 2.05) is 13.0 Å². The minimum atomic E-state index is -1.02. The van der Waals surface area contributed by atoms with Crippen molar-refractivity contribution in [1.29, 1.82) is 0 Å². The highest BCUT2D eigenvalue weighted by Gasteiger charge is 2.09. The molecule has 0 aromatic heterocycles. The van der Waals surface area contributed by atoms with E-state index in [0.29, 0.717) is 11.3 Å². The van der Waals surface area contributed by atoms with Crippen molar-refractivity contribution < 1.29 is 19.4 Å². The zero-order chi connectivity index (χ0) is 13.8. The fourth-order valence-corrected chi connectivity index (χ4v) is 1.60. The Balaban J connectivity index is 2.13. The van der Waals surface area contributed by atoms with Crippen LogP contribution in [0.4, 0.5) is 0 Å². The third-order valence-electron chi connectivity index (χ3n) is 2.57. The number of carbonyl (C=O) groups is 2. The Labute approximate surface area is 110 Å². The summed E-state index contributed by atoms with van der Waals surface area (Å²) in [4.78, 5) is 22.5. The van der Waals surface area contributed by atoms with Crippen molar-refractivity contribution in [2.45, 2.75) is 6.92 Å². The Hall–Kier alpha value is -2.62. The summed E-state index contributed by atoms with van der Waals surface area (Å²) in [6.07, 6.45) is 0. The van der Waals surface area contributed by atoms with E-state index in [0.717, 1.165) is 5.56 Å². The van der Waals surface area contributed by atoms with Gasteiger partial charge >= 0.3 is 11.9 Å². The average molecular weight is 256 g/mol. The minimum Gasteiger partial charge on any atom is -0.478 e. The first-order valence-electron chi connectivity index (χ1n) is 5.68. The molecule has 4 nitrogen and oxygen atoms in total. The van der Waals surface area contributed by atoms with Crippen LogP contribution in [0.3, 0.4) is 0 Å². The van der Waals surface area contributed by atoms with Gasteiger partial charge in [-0.3, -0.25) is 0 Å². The molecule has 0 bridgehead atoms. The molecule has 19 heavy (non-hydrogen) atoms. The van der Waals surface area contributed by atoms with Crippen LogP contribution in [0, 0.1) is 6.92 Å². The molecular weight excluding hydrogens is 244 g/mol. The van der Waals surface area contributed by atoms with Crippen molar-refractivity contribution in [2.75, 3.05) is 0 Å². The van der Waals surface area contributed by atoms with Crippen molar-refractivity contribution in [3.8, 4) is 5.75 Å². The van der Waals surface area contributed by atoms with E-state index in [-0.39, 0.29) is 5.56 Å². The van der Waals surface area contributed by atoms with Gasteiger partial charge in [-0.2, -0.15) is 0 Å². The van der Waals surface area contributed by atoms with Crippen molar-refractivity contribution in [1.82, 2.24) is 0 Å². The summed E-state index contributed by atoms with van der Waals surface area (Å²) in [6, 6.07) is 12.8. The topological polar surface area (TPSA) is 63.6 Å². The van der Waals surface area contributed by atoms with E-state index >= 15 is 0 Å². The highest BCUT2D eigenvalue weighted by Crippen LogP contribution is 2.15. The quantitative estimate of drug-likeness (QED) is 0.677. The molecule has 0 aliphatic rings. The lowest BCUT2D eigenvalue weighted by molar-refractivity contribution is 0.0696. The van der Waals surface area contributed by atoms with Crippen molar-refractivity contribution >= 4 is 11.9 Å². The summed E-state index contributed by atoms with van der Waals surface area (Å²) in [7, 11) is 0. The summed E-state index contributed by atoms with van der Waals surface area (Å²) in [5.74, 6) is -1.17. The first-order valence-corrected chi connectivity index (χ1v) is 5.68. The summed E-state index contributed by atoms with van der Waals surface area (Å²) < 4.78 is 5.16. The lowest BCUT2D eigenvalue weighted by Crippen LogP contribution is -2.08. The molecule has 0 fully saturated rings. The fraction of sp³-hybridized carbons (Fsp3) is 0.0667. The molecule has 2 aromatic carbocycles. The number of esters is 1. The van der Waals surface area contributed by atoms with Gasteiger partial charge in [0.2, 0.25) is 0 Å². The molecule has 0 radical (unpaired) electrons. The lowest BCUT2D eigenvalue weighted by atomic mass is 10.1. The van der Waals surface area contributed by atoms with E-state index in [1.165, 1.54) is 24.3 Å². The van der Waals surface area contributed by atoms with Gasteiger partial charge in [0.25, 0.3) is 0 Å². The molecule has 0 amide bonds. The van der Waals surface area contributed by atoms with Crippen LogP contribution in [0.1, 0.15) is 26.3 Å². The van der Waals surface area contributed by atoms with Crippen LogP contribution < -0.4 is 4.74 Å².